The summed E-state index contributed by atoms with van der Waals surface area (Å²) in [5.41, 5.74) is -0.0979. The Bertz CT molecular complexity index is 1050. The third-order valence-electron chi connectivity index (χ3n) is 3.82. The Balaban J connectivity index is 2.02. The van der Waals surface area contributed by atoms with Crippen molar-refractivity contribution in [3.63, 3.8) is 0 Å². The van der Waals surface area contributed by atoms with E-state index >= 15 is 0 Å². The number of ether oxygens (including phenoxy) is 1. The van der Waals surface area contributed by atoms with E-state index in [0.717, 1.165) is 23.4 Å². The maximum Gasteiger partial charge on any atom is 0.433 e. The lowest BCUT2D eigenvalue weighted by Gasteiger charge is -2.12. The molecule has 0 bridgehead atoms. The van der Waals surface area contributed by atoms with Crippen LogP contribution in [0, 0.1) is 0 Å². The smallest absolute Gasteiger partial charge is 0.433 e. The lowest BCUT2D eigenvalue weighted by Crippen LogP contribution is -2.19. The molecule has 0 unspecified atom stereocenters. The second-order valence-electron chi connectivity index (χ2n) is 5.71. The van der Waals surface area contributed by atoms with E-state index in [1.807, 2.05) is 0 Å². The van der Waals surface area contributed by atoms with Crippen LogP contribution < -0.4 is 10.3 Å². The summed E-state index contributed by atoms with van der Waals surface area (Å²) >= 11 is 1.01. The maximum atomic E-state index is 13.1. The molecule has 3 aromatic rings. The zero-order valence-electron chi connectivity index (χ0n) is 14.9. The van der Waals surface area contributed by atoms with Crippen LogP contribution in [0.25, 0.3) is 11.3 Å². The van der Waals surface area contributed by atoms with Crippen LogP contribution in [0.1, 0.15) is 11.3 Å². The molecule has 0 atom stereocenters. The summed E-state index contributed by atoms with van der Waals surface area (Å²) in [7, 11) is 1.48. The minimum absolute atomic E-state index is 0.00134. The number of pyridine rings is 2. The van der Waals surface area contributed by atoms with Crippen LogP contribution in [-0.4, -0.2) is 32.9 Å². The number of hydrogen-bond acceptors (Lipinski definition) is 6. The highest BCUT2D eigenvalue weighted by Gasteiger charge is 2.33. The average Bonchev–Trinajstić information content (AvgIpc) is 2.68. The van der Waals surface area contributed by atoms with Gasteiger partial charge in [-0.15, -0.1) is 0 Å². The zero-order chi connectivity index (χ0) is 20.3. The second-order valence-corrected chi connectivity index (χ2v) is 6.49. The van der Waals surface area contributed by atoms with Gasteiger partial charge in [-0.2, -0.15) is 13.2 Å². The molecule has 0 aliphatic rings. The Morgan fingerprint density at radius 3 is 2.64 bits per heavy atom. The summed E-state index contributed by atoms with van der Waals surface area (Å²) in [6, 6.07) is 7.01. The van der Waals surface area contributed by atoms with Crippen molar-refractivity contribution >= 4 is 11.8 Å². The van der Waals surface area contributed by atoms with Crippen molar-refractivity contribution in [2.24, 2.45) is 0 Å². The third-order valence-corrected chi connectivity index (χ3v) is 4.37. The molecular weight excluding hydrogens is 393 g/mol. The molecule has 0 amide bonds. The number of aromatic nitrogens is 4. The molecule has 6 nitrogen and oxygen atoms in total. The van der Waals surface area contributed by atoms with Crippen molar-refractivity contribution in [2.75, 3.05) is 13.4 Å². The number of hydrogen-bond donors (Lipinski definition) is 0. The van der Waals surface area contributed by atoms with Crippen LogP contribution in [0.15, 0.2) is 52.7 Å². The average molecular weight is 408 g/mol. The minimum Gasteiger partial charge on any atom is -0.481 e. The fraction of sp³-hybridized carbons (Fsp3) is 0.222. The van der Waals surface area contributed by atoms with Gasteiger partial charge in [0.05, 0.1) is 19.3 Å². The topological polar surface area (TPSA) is 69.9 Å². The molecule has 0 spiro atoms. The number of alkyl halides is 3. The Hall–Kier alpha value is -2.88. The molecule has 0 aliphatic carbocycles. The number of halogens is 3. The van der Waals surface area contributed by atoms with E-state index in [1.54, 1.807) is 24.6 Å². The largest absolute Gasteiger partial charge is 0.481 e. The molecule has 3 rings (SSSR count). The van der Waals surface area contributed by atoms with Crippen LogP contribution in [0.4, 0.5) is 13.2 Å². The van der Waals surface area contributed by atoms with Gasteiger partial charge in [-0.3, -0.25) is 4.79 Å². The minimum atomic E-state index is -4.59. The van der Waals surface area contributed by atoms with Gasteiger partial charge in [-0.25, -0.2) is 15.0 Å². The van der Waals surface area contributed by atoms with E-state index in [1.165, 1.54) is 30.0 Å². The van der Waals surface area contributed by atoms with Gasteiger partial charge in [-0.05, 0) is 30.0 Å². The van der Waals surface area contributed by atoms with E-state index in [0.29, 0.717) is 11.4 Å². The SMILES string of the molecule is COc1cc(Cn2cc(-c3cc(C(F)(F)F)nc(SC)n3)ccc2=O)ccn1. The summed E-state index contributed by atoms with van der Waals surface area (Å²) in [6.45, 7) is 0.206. The van der Waals surface area contributed by atoms with E-state index in [4.69, 9.17) is 4.74 Å². The first-order valence-electron chi connectivity index (χ1n) is 8.00. The highest BCUT2D eigenvalue weighted by molar-refractivity contribution is 7.98. The monoisotopic (exact) mass is 408 g/mol. The normalized spacial score (nSPS) is 11.5. The Labute approximate surface area is 162 Å². The summed E-state index contributed by atoms with van der Waals surface area (Å²) in [4.78, 5) is 23.9. The van der Waals surface area contributed by atoms with E-state index in [-0.39, 0.29) is 23.0 Å². The highest BCUT2D eigenvalue weighted by Crippen LogP contribution is 2.31. The molecule has 146 valence electrons. The summed E-state index contributed by atoms with van der Waals surface area (Å²) in [5.74, 6) is 0.400. The van der Waals surface area contributed by atoms with Crippen LogP contribution in [-0.2, 0) is 12.7 Å². The number of nitrogens with zero attached hydrogens (tertiary/aromatic N) is 4. The van der Waals surface area contributed by atoms with Crippen LogP contribution in [0.3, 0.4) is 0 Å². The first-order chi connectivity index (χ1) is 13.3. The van der Waals surface area contributed by atoms with Crippen molar-refractivity contribution in [1.29, 1.82) is 0 Å². The standard InChI is InChI=1S/C18H15F3N4O2S/c1-27-15-7-11(5-6-22-15)9-25-10-12(3-4-16(25)26)13-8-14(18(19,20)21)24-17(23-13)28-2/h3-8,10H,9H2,1-2H3. The first-order valence-corrected chi connectivity index (χ1v) is 9.22. The molecule has 28 heavy (non-hydrogen) atoms. The first kappa shape index (κ1) is 19.9. The van der Waals surface area contributed by atoms with Gasteiger partial charge >= 0.3 is 6.18 Å². The van der Waals surface area contributed by atoms with Crippen molar-refractivity contribution < 1.29 is 17.9 Å². The van der Waals surface area contributed by atoms with Gasteiger partial charge < -0.3 is 9.30 Å². The lowest BCUT2D eigenvalue weighted by atomic mass is 10.1. The predicted octanol–water partition coefficient (Wildman–Crippen LogP) is 3.50. The Kier molecular flexibility index (Phi) is 5.68. The van der Waals surface area contributed by atoms with Crippen LogP contribution in [0.5, 0.6) is 5.88 Å². The quantitative estimate of drug-likeness (QED) is 0.475. The molecule has 0 fully saturated rings. The van der Waals surface area contributed by atoms with Gasteiger partial charge in [0.25, 0.3) is 5.56 Å². The number of rotatable bonds is 5. The van der Waals surface area contributed by atoms with E-state index in [9.17, 15) is 18.0 Å². The highest BCUT2D eigenvalue weighted by atomic mass is 32.2. The van der Waals surface area contributed by atoms with Crippen molar-refractivity contribution in [2.45, 2.75) is 17.9 Å². The lowest BCUT2D eigenvalue weighted by molar-refractivity contribution is -0.141. The molecule has 0 radical (unpaired) electrons. The van der Waals surface area contributed by atoms with Crippen LogP contribution >= 0.6 is 11.8 Å². The molecular formula is C18H15F3N4O2S. The molecule has 3 heterocycles. The van der Waals surface area contributed by atoms with Gasteiger partial charge in [-0.1, -0.05) is 11.8 Å². The maximum absolute atomic E-state index is 13.1. The van der Waals surface area contributed by atoms with Gasteiger partial charge in [0.15, 0.2) is 5.16 Å². The second kappa shape index (κ2) is 8.01. The van der Waals surface area contributed by atoms with Gasteiger partial charge in [0.1, 0.15) is 5.69 Å². The van der Waals surface area contributed by atoms with Crippen molar-refractivity contribution in [3.05, 3.63) is 64.3 Å². The molecule has 0 saturated carbocycles. The fourth-order valence-electron chi connectivity index (χ4n) is 2.47. The van der Waals surface area contributed by atoms with Crippen LogP contribution in [0.2, 0.25) is 0 Å². The van der Waals surface area contributed by atoms with Gasteiger partial charge in [0, 0.05) is 30.1 Å². The third kappa shape index (κ3) is 4.50. The molecule has 0 aromatic carbocycles. The summed E-state index contributed by atoms with van der Waals surface area (Å²) < 4.78 is 45.8. The summed E-state index contributed by atoms with van der Waals surface area (Å²) in [5, 5.41) is 0.00134. The molecule has 10 heteroatoms. The Morgan fingerprint density at radius 2 is 1.96 bits per heavy atom. The molecule has 0 saturated heterocycles. The Morgan fingerprint density at radius 1 is 1.18 bits per heavy atom. The zero-order valence-corrected chi connectivity index (χ0v) is 15.7. The molecule has 0 aliphatic heterocycles. The fourth-order valence-corrected chi connectivity index (χ4v) is 2.85. The predicted molar refractivity (Wildman–Crippen MR) is 98.4 cm³/mol. The van der Waals surface area contributed by atoms with Crippen molar-refractivity contribution in [1.82, 2.24) is 19.5 Å². The van der Waals surface area contributed by atoms with E-state index in [2.05, 4.69) is 15.0 Å². The number of thioether (sulfide) groups is 1. The summed E-state index contributed by atoms with van der Waals surface area (Å²) in [6.07, 6.45) is 0.0247. The van der Waals surface area contributed by atoms with Crippen molar-refractivity contribution in [3.8, 4) is 17.1 Å². The molecule has 0 N–H and O–H groups in total. The number of methoxy groups -OCH3 is 1. The van der Waals surface area contributed by atoms with Gasteiger partial charge in [0.2, 0.25) is 5.88 Å². The molecule has 3 aromatic heterocycles. The van der Waals surface area contributed by atoms with E-state index < -0.39 is 11.9 Å².